The second-order valence-electron chi connectivity index (χ2n) is 7.03. The molecule has 0 atom stereocenters. The molecule has 1 aliphatic rings. The summed E-state index contributed by atoms with van der Waals surface area (Å²) in [5, 5.41) is 15.0. The van der Waals surface area contributed by atoms with Crippen LogP contribution in [0.3, 0.4) is 0 Å². The van der Waals surface area contributed by atoms with E-state index in [0.717, 1.165) is 35.4 Å². The Balaban J connectivity index is 1.67. The molecule has 3 rings (SSSR count). The van der Waals surface area contributed by atoms with Crippen molar-refractivity contribution in [2.75, 3.05) is 11.9 Å². The van der Waals surface area contributed by atoms with Crippen LogP contribution in [0, 0.1) is 5.41 Å². The molecule has 1 heterocycles. The van der Waals surface area contributed by atoms with E-state index in [9.17, 15) is 14.7 Å². The van der Waals surface area contributed by atoms with Crippen LogP contribution in [0.2, 0.25) is 0 Å². The zero-order valence-corrected chi connectivity index (χ0v) is 16.3. The highest BCUT2D eigenvalue weighted by Gasteiger charge is 2.42. The van der Waals surface area contributed by atoms with Crippen LogP contribution in [-0.2, 0) is 14.3 Å². The molecular weight excluding hydrogens is 362 g/mol. The summed E-state index contributed by atoms with van der Waals surface area (Å²) in [5.41, 5.74) is 1.27. The van der Waals surface area contributed by atoms with Gasteiger partial charge in [0.1, 0.15) is 5.75 Å². The minimum absolute atomic E-state index is 0.149. The van der Waals surface area contributed by atoms with Crippen LogP contribution >= 0.6 is 11.3 Å². The average molecular weight is 388 g/mol. The summed E-state index contributed by atoms with van der Waals surface area (Å²) in [6.45, 7) is 2.13. The van der Waals surface area contributed by atoms with Crippen LogP contribution in [0.15, 0.2) is 35.7 Å². The van der Waals surface area contributed by atoms with Crippen LogP contribution in [0.25, 0.3) is 11.1 Å². The average Bonchev–Trinajstić information content (AvgIpc) is 3.11. The second kappa shape index (κ2) is 8.57. The largest absolute Gasteiger partial charge is 0.508 e. The zero-order valence-electron chi connectivity index (χ0n) is 15.5. The normalized spacial score (nSPS) is 15.9. The number of aromatic hydroxyl groups is 1. The monoisotopic (exact) mass is 387 g/mol. The molecule has 27 heavy (non-hydrogen) atoms. The molecule has 6 heteroatoms. The smallest absolute Gasteiger partial charge is 0.312 e. The molecule has 1 aromatic heterocycles. The van der Waals surface area contributed by atoms with Crippen molar-refractivity contribution in [3.05, 3.63) is 35.7 Å². The zero-order chi connectivity index (χ0) is 19.3. The predicted molar refractivity (Wildman–Crippen MR) is 107 cm³/mol. The Kier molecular flexibility index (Phi) is 6.16. The molecule has 1 amide bonds. The van der Waals surface area contributed by atoms with Gasteiger partial charge in [-0.1, -0.05) is 31.4 Å². The third-order valence-electron chi connectivity index (χ3n) is 5.08. The number of thiophene rings is 1. The summed E-state index contributed by atoms with van der Waals surface area (Å²) in [6.07, 6.45) is 4.60. The number of nitrogens with one attached hydrogen (secondary N) is 1. The lowest BCUT2D eigenvalue weighted by Gasteiger charge is -2.34. The molecule has 2 N–H and O–H groups in total. The first-order valence-electron chi connectivity index (χ1n) is 9.37. The van der Waals surface area contributed by atoms with Crippen LogP contribution < -0.4 is 5.32 Å². The number of hydrogen-bond donors (Lipinski definition) is 2. The number of ether oxygens (including phenoxy) is 1. The van der Waals surface area contributed by atoms with E-state index in [2.05, 4.69) is 5.32 Å². The number of rotatable bonds is 6. The van der Waals surface area contributed by atoms with Crippen molar-refractivity contribution in [2.24, 2.45) is 5.41 Å². The SMILES string of the molecule is CCOC(=O)C1(CC(=O)Nc2cc(-c3ccc(O)cc3)cs2)CCCCC1. The highest BCUT2D eigenvalue weighted by molar-refractivity contribution is 7.14. The van der Waals surface area contributed by atoms with E-state index >= 15 is 0 Å². The molecule has 144 valence electrons. The van der Waals surface area contributed by atoms with Gasteiger partial charge in [0.25, 0.3) is 0 Å². The first kappa shape index (κ1) is 19.4. The molecule has 1 aliphatic carbocycles. The Morgan fingerprint density at radius 2 is 1.85 bits per heavy atom. The third-order valence-corrected chi connectivity index (χ3v) is 5.93. The number of esters is 1. The van der Waals surface area contributed by atoms with E-state index in [1.165, 1.54) is 11.3 Å². The Labute approximate surface area is 163 Å². The fourth-order valence-electron chi connectivity index (χ4n) is 3.66. The number of benzene rings is 1. The third kappa shape index (κ3) is 4.69. The van der Waals surface area contributed by atoms with E-state index in [4.69, 9.17) is 4.74 Å². The van der Waals surface area contributed by atoms with Crippen molar-refractivity contribution in [1.82, 2.24) is 0 Å². The molecule has 1 aromatic carbocycles. The molecule has 5 nitrogen and oxygen atoms in total. The lowest BCUT2D eigenvalue weighted by Crippen LogP contribution is -2.38. The molecule has 0 aliphatic heterocycles. The van der Waals surface area contributed by atoms with Crippen molar-refractivity contribution >= 4 is 28.2 Å². The van der Waals surface area contributed by atoms with Crippen molar-refractivity contribution in [2.45, 2.75) is 45.4 Å². The summed E-state index contributed by atoms with van der Waals surface area (Å²) in [4.78, 5) is 25.1. The van der Waals surface area contributed by atoms with Crippen LogP contribution in [-0.4, -0.2) is 23.6 Å². The van der Waals surface area contributed by atoms with Gasteiger partial charge in [0.05, 0.1) is 17.0 Å². The minimum Gasteiger partial charge on any atom is -0.508 e. The Morgan fingerprint density at radius 3 is 2.52 bits per heavy atom. The Morgan fingerprint density at radius 1 is 1.15 bits per heavy atom. The summed E-state index contributed by atoms with van der Waals surface area (Å²) >= 11 is 1.45. The molecule has 1 saturated carbocycles. The Bertz CT molecular complexity index is 791. The fourth-order valence-corrected chi connectivity index (χ4v) is 4.49. The van der Waals surface area contributed by atoms with Gasteiger partial charge in [0.15, 0.2) is 0 Å². The van der Waals surface area contributed by atoms with Gasteiger partial charge in [-0.3, -0.25) is 9.59 Å². The van der Waals surface area contributed by atoms with Crippen molar-refractivity contribution in [1.29, 1.82) is 0 Å². The number of hydrogen-bond acceptors (Lipinski definition) is 5. The molecule has 0 unspecified atom stereocenters. The van der Waals surface area contributed by atoms with Gasteiger partial charge in [0, 0.05) is 11.8 Å². The van der Waals surface area contributed by atoms with Crippen LogP contribution in [0.4, 0.5) is 5.00 Å². The first-order chi connectivity index (χ1) is 13.0. The number of anilines is 1. The maximum absolute atomic E-state index is 12.6. The van der Waals surface area contributed by atoms with E-state index in [-0.39, 0.29) is 24.0 Å². The maximum Gasteiger partial charge on any atom is 0.312 e. The molecule has 0 radical (unpaired) electrons. The topological polar surface area (TPSA) is 75.6 Å². The van der Waals surface area contributed by atoms with Crippen LogP contribution in [0.5, 0.6) is 5.75 Å². The summed E-state index contributed by atoms with van der Waals surface area (Å²) in [5.74, 6) is -0.167. The van der Waals surface area contributed by atoms with E-state index in [1.54, 1.807) is 19.1 Å². The predicted octanol–water partition coefficient (Wildman–Crippen LogP) is 4.96. The van der Waals surface area contributed by atoms with Crippen molar-refractivity contribution in [3.8, 4) is 16.9 Å². The van der Waals surface area contributed by atoms with Crippen LogP contribution in [0.1, 0.15) is 45.4 Å². The molecule has 0 spiro atoms. The van der Waals surface area contributed by atoms with Gasteiger partial charge in [-0.15, -0.1) is 11.3 Å². The van der Waals surface area contributed by atoms with E-state index in [1.807, 2.05) is 23.6 Å². The number of amides is 1. The van der Waals surface area contributed by atoms with Gasteiger partial charge >= 0.3 is 5.97 Å². The van der Waals surface area contributed by atoms with Gasteiger partial charge in [-0.25, -0.2) is 0 Å². The highest BCUT2D eigenvalue weighted by Crippen LogP contribution is 2.41. The summed E-state index contributed by atoms with van der Waals surface area (Å²) < 4.78 is 5.27. The quantitative estimate of drug-likeness (QED) is 0.687. The van der Waals surface area contributed by atoms with E-state index < -0.39 is 5.41 Å². The lowest BCUT2D eigenvalue weighted by atomic mass is 9.71. The number of carbonyl (C=O) groups excluding carboxylic acids is 2. The molecular formula is C21H25NO4S. The fraction of sp³-hybridized carbons (Fsp3) is 0.429. The number of phenols is 1. The summed E-state index contributed by atoms with van der Waals surface area (Å²) in [7, 11) is 0. The van der Waals surface area contributed by atoms with Gasteiger partial charge in [-0.05, 0) is 49.1 Å². The lowest BCUT2D eigenvalue weighted by molar-refractivity contribution is -0.159. The molecule has 2 aromatic rings. The van der Waals surface area contributed by atoms with Gasteiger partial charge in [-0.2, -0.15) is 0 Å². The molecule has 1 fully saturated rings. The number of carbonyl (C=O) groups is 2. The van der Waals surface area contributed by atoms with Crippen molar-refractivity contribution < 1.29 is 19.4 Å². The van der Waals surface area contributed by atoms with Gasteiger partial charge < -0.3 is 15.2 Å². The second-order valence-corrected chi connectivity index (χ2v) is 7.94. The number of phenolic OH excluding ortho intramolecular Hbond substituents is 1. The maximum atomic E-state index is 12.6. The summed E-state index contributed by atoms with van der Waals surface area (Å²) in [6, 6.07) is 8.85. The van der Waals surface area contributed by atoms with Crippen molar-refractivity contribution in [3.63, 3.8) is 0 Å². The van der Waals surface area contributed by atoms with E-state index in [0.29, 0.717) is 19.4 Å². The highest BCUT2D eigenvalue weighted by atomic mass is 32.1. The first-order valence-corrected chi connectivity index (χ1v) is 10.3. The minimum atomic E-state index is -0.685. The molecule has 0 bridgehead atoms. The Hall–Kier alpha value is -2.34. The van der Waals surface area contributed by atoms with Gasteiger partial charge in [0.2, 0.25) is 5.91 Å². The molecule has 0 saturated heterocycles. The standard InChI is InChI=1S/C21H25NO4S/c1-2-26-20(25)21(10-4-3-5-11-21)13-18(24)22-19-12-16(14-27-19)15-6-8-17(23)9-7-15/h6-9,12,14,23H,2-5,10-11,13H2,1H3,(H,22,24).